The molecule has 0 amide bonds. The molecule has 1 fully saturated rings. The van der Waals surface area contributed by atoms with Crippen LogP contribution in [0.5, 0.6) is 0 Å². The zero-order chi connectivity index (χ0) is 20.4. The van der Waals surface area contributed by atoms with Crippen molar-refractivity contribution in [3.05, 3.63) is 35.9 Å². The van der Waals surface area contributed by atoms with Gasteiger partial charge in [0.15, 0.2) is 5.96 Å². The number of nitrogens with zero attached hydrogens (tertiary/aromatic N) is 3. The molecule has 0 radical (unpaired) electrons. The highest BCUT2D eigenvalue weighted by Crippen LogP contribution is 2.16. The van der Waals surface area contributed by atoms with Gasteiger partial charge in [0.2, 0.25) is 0 Å². The largest absolute Gasteiger partial charge is 0.379 e. The number of hydrogen-bond acceptors (Lipinski definition) is 4. The maximum absolute atomic E-state index is 5.48. The Labute approximate surface area is 194 Å². The molecule has 0 aliphatic carbocycles. The molecule has 0 spiro atoms. The topological polar surface area (TPSA) is 52.1 Å². The van der Waals surface area contributed by atoms with Crippen molar-refractivity contribution < 1.29 is 4.74 Å². The average molecular weight is 518 g/mol. The van der Waals surface area contributed by atoms with Crippen molar-refractivity contribution in [1.29, 1.82) is 0 Å². The van der Waals surface area contributed by atoms with Crippen molar-refractivity contribution in [2.75, 3.05) is 53.0 Å². The van der Waals surface area contributed by atoms with E-state index in [4.69, 9.17) is 9.73 Å². The number of likely N-dealkylation sites (N-methyl/N-ethyl adjacent to an activating group) is 1. The Hall–Kier alpha value is -0.900. The number of guanidine groups is 1. The van der Waals surface area contributed by atoms with Crippen LogP contribution in [0.1, 0.15) is 33.3 Å². The predicted molar refractivity (Wildman–Crippen MR) is 133 cm³/mol. The fraction of sp³-hybridized carbons (Fsp3) is 0.682. The van der Waals surface area contributed by atoms with Gasteiger partial charge in [0.25, 0.3) is 0 Å². The molecular weight excluding hydrogens is 477 g/mol. The van der Waals surface area contributed by atoms with Crippen molar-refractivity contribution in [2.24, 2.45) is 4.99 Å². The number of morpholine rings is 1. The summed E-state index contributed by atoms with van der Waals surface area (Å²) < 4.78 is 5.48. The molecule has 1 saturated heterocycles. The third kappa shape index (κ3) is 9.19. The van der Waals surface area contributed by atoms with Crippen LogP contribution in [-0.4, -0.2) is 80.3 Å². The van der Waals surface area contributed by atoms with Gasteiger partial charge in [0, 0.05) is 44.3 Å². The summed E-state index contributed by atoms with van der Waals surface area (Å²) in [7, 11) is 2.17. The van der Waals surface area contributed by atoms with Gasteiger partial charge in [-0.05, 0) is 40.3 Å². The number of rotatable bonds is 9. The molecule has 1 heterocycles. The number of benzene rings is 1. The molecule has 29 heavy (non-hydrogen) atoms. The van der Waals surface area contributed by atoms with Gasteiger partial charge in [0.1, 0.15) is 0 Å². The molecule has 0 bridgehead atoms. The van der Waals surface area contributed by atoms with Crippen LogP contribution >= 0.6 is 24.0 Å². The van der Waals surface area contributed by atoms with E-state index < -0.39 is 0 Å². The molecular formula is C22H40IN5O. The lowest BCUT2D eigenvalue weighted by Gasteiger charge is -2.40. The molecule has 2 rings (SSSR count). The Bertz CT molecular complexity index is 590. The van der Waals surface area contributed by atoms with E-state index in [0.29, 0.717) is 6.04 Å². The Kier molecular flexibility index (Phi) is 12.1. The van der Waals surface area contributed by atoms with Gasteiger partial charge in [-0.25, -0.2) is 0 Å². The Morgan fingerprint density at radius 3 is 2.48 bits per heavy atom. The summed E-state index contributed by atoms with van der Waals surface area (Å²) in [5, 5.41) is 6.90. The average Bonchev–Trinajstić information content (AvgIpc) is 2.71. The normalized spacial score (nSPS) is 17.0. The van der Waals surface area contributed by atoms with Crippen LogP contribution in [0.25, 0.3) is 0 Å². The Morgan fingerprint density at radius 2 is 1.86 bits per heavy atom. The van der Waals surface area contributed by atoms with Crippen molar-refractivity contribution in [3.63, 3.8) is 0 Å². The van der Waals surface area contributed by atoms with Gasteiger partial charge < -0.3 is 15.4 Å². The summed E-state index contributed by atoms with van der Waals surface area (Å²) in [4.78, 5) is 9.71. The highest BCUT2D eigenvalue weighted by Gasteiger charge is 2.28. The minimum Gasteiger partial charge on any atom is -0.379 e. The van der Waals surface area contributed by atoms with Crippen molar-refractivity contribution in [3.8, 4) is 0 Å². The minimum atomic E-state index is 0. The van der Waals surface area contributed by atoms with Crippen LogP contribution in [0.2, 0.25) is 0 Å². The molecule has 6 nitrogen and oxygen atoms in total. The van der Waals surface area contributed by atoms with Crippen LogP contribution in [0, 0.1) is 0 Å². The smallest absolute Gasteiger partial charge is 0.191 e. The number of halogens is 1. The molecule has 0 saturated carbocycles. The van der Waals surface area contributed by atoms with E-state index in [-0.39, 0.29) is 29.5 Å². The van der Waals surface area contributed by atoms with Crippen molar-refractivity contribution in [2.45, 2.75) is 45.8 Å². The first-order valence-corrected chi connectivity index (χ1v) is 10.5. The zero-order valence-electron chi connectivity index (χ0n) is 18.8. The minimum absolute atomic E-state index is 0. The summed E-state index contributed by atoms with van der Waals surface area (Å²) in [6, 6.07) is 11.0. The second-order valence-electron chi connectivity index (χ2n) is 8.24. The lowest BCUT2D eigenvalue weighted by Crippen LogP contribution is -2.52. The maximum atomic E-state index is 5.48. The van der Waals surface area contributed by atoms with Crippen LogP contribution < -0.4 is 10.6 Å². The highest BCUT2D eigenvalue weighted by atomic mass is 127. The van der Waals surface area contributed by atoms with Gasteiger partial charge in [-0.1, -0.05) is 30.3 Å². The van der Waals surface area contributed by atoms with E-state index in [1.165, 1.54) is 5.56 Å². The molecule has 1 aliphatic rings. The SMILES string of the molecule is CCNC(=NCC(C)(C)N1CCOCC1)NCC(C)N(C)Cc1ccccc1.I. The van der Waals surface area contributed by atoms with Crippen molar-refractivity contribution >= 4 is 29.9 Å². The zero-order valence-corrected chi connectivity index (χ0v) is 21.1. The fourth-order valence-corrected chi connectivity index (χ4v) is 3.31. The summed E-state index contributed by atoms with van der Waals surface area (Å²) >= 11 is 0. The number of aliphatic imine (C=N–C) groups is 1. The first kappa shape index (κ1) is 26.1. The molecule has 1 atom stereocenters. The molecule has 2 N–H and O–H groups in total. The van der Waals surface area contributed by atoms with Gasteiger partial charge in [-0.2, -0.15) is 0 Å². The fourth-order valence-electron chi connectivity index (χ4n) is 3.31. The summed E-state index contributed by atoms with van der Waals surface area (Å²) in [6.45, 7) is 15.9. The first-order valence-electron chi connectivity index (χ1n) is 10.5. The third-order valence-corrected chi connectivity index (χ3v) is 5.43. The summed E-state index contributed by atoms with van der Waals surface area (Å²) in [5.74, 6) is 0.892. The van der Waals surface area contributed by atoms with Crippen LogP contribution in [0.3, 0.4) is 0 Å². The van der Waals surface area contributed by atoms with E-state index in [0.717, 1.165) is 58.4 Å². The van der Waals surface area contributed by atoms with Gasteiger partial charge in [0.05, 0.1) is 19.8 Å². The molecule has 7 heteroatoms. The molecule has 166 valence electrons. The molecule has 1 aromatic carbocycles. The summed E-state index contributed by atoms with van der Waals surface area (Å²) in [6.07, 6.45) is 0. The van der Waals surface area contributed by atoms with Gasteiger partial charge >= 0.3 is 0 Å². The monoisotopic (exact) mass is 517 g/mol. The van der Waals surface area contributed by atoms with Crippen LogP contribution in [0.4, 0.5) is 0 Å². The van der Waals surface area contributed by atoms with E-state index >= 15 is 0 Å². The van der Waals surface area contributed by atoms with E-state index in [2.05, 4.69) is 85.5 Å². The maximum Gasteiger partial charge on any atom is 0.191 e. The predicted octanol–water partition coefficient (Wildman–Crippen LogP) is 2.79. The lowest BCUT2D eigenvalue weighted by atomic mass is 10.0. The van der Waals surface area contributed by atoms with Gasteiger partial charge in [-0.15, -0.1) is 24.0 Å². The molecule has 1 unspecified atom stereocenters. The standard InChI is InChI=1S/C22H39N5O.HI/c1-6-23-21(25-18-22(3,4)27-12-14-28-15-13-27)24-16-19(2)26(5)17-20-10-8-7-9-11-20;/h7-11,19H,6,12-18H2,1-5H3,(H2,23,24,25);1H. The molecule has 0 aromatic heterocycles. The van der Waals surface area contributed by atoms with Gasteiger partial charge in [-0.3, -0.25) is 14.8 Å². The number of hydrogen-bond donors (Lipinski definition) is 2. The van der Waals surface area contributed by atoms with E-state index in [9.17, 15) is 0 Å². The molecule has 1 aromatic rings. The summed E-state index contributed by atoms with van der Waals surface area (Å²) in [5.41, 5.74) is 1.37. The third-order valence-electron chi connectivity index (χ3n) is 5.43. The Morgan fingerprint density at radius 1 is 1.21 bits per heavy atom. The molecule has 1 aliphatic heterocycles. The first-order chi connectivity index (χ1) is 13.4. The van der Waals surface area contributed by atoms with E-state index in [1.54, 1.807) is 0 Å². The highest BCUT2D eigenvalue weighted by molar-refractivity contribution is 14.0. The lowest BCUT2D eigenvalue weighted by molar-refractivity contribution is -0.00684. The van der Waals surface area contributed by atoms with E-state index in [1.807, 2.05) is 0 Å². The second kappa shape index (κ2) is 13.4. The second-order valence-corrected chi connectivity index (χ2v) is 8.24. The van der Waals surface area contributed by atoms with Crippen molar-refractivity contribution in [1.82, 2.24) is 20.4 Å². The van der Waals surface area contributed by atoms with Crippen LogP contribution in [-0.2, 0) is 11.3 Å². The Balaban J connectivity index is 0.00000420. The quantitative estimate of drug-likeness (QED) is 0.300. The number of ether oxygens (including phenoxy) is 1. The van der Waals surface area contributed by atoms with Crippen LogP contribution in [0.15, 0.2) is 35.3 Å². The number of nitrogens with one attached hydrogen (secondary N) is 2.